The largest absolute Gasteiger partial charge is 0.507 e. The molecule has 0 saturated heterocycles. The van der Waals surface area contributed by atoms with Crippen molar-refractivity contribution in [2.45, 2.75) is 19.8 Å². The highest BCUT2D eigenvalue weighted by Gasteiger charge is 2.39. The maximum Gasteiger partial charge on any atom is 0.336 e. The molecule has 46 heavy (non-hydrogen) atoms. The predicted molar refractivity (Wildman–Crippen MR) is 169 cm³/mol. The lowest BCUT2D eigenvalue weighted by Gasteiger charge is -2.31. The van der Waals surface area contributed by atoms with Crippen LogP contribution in [0, 0.1) is 0 Å². The first-order chi connectivity index (χ1) is 22.1. The van der Waals surface area contributed by atoms with Crippen molar-refractivity contribution in [3.05, 3.63) is 116 Å². The maximum absolute atomic E-state index is 12.9. The molecule has 5 rings (SSSR count). The number of methoxy groups -OCH3 is 1. The molecule has 11 nitrogen and oxygen atoms in total. The minimum atomic E-state index is -0.752. The summed E-state index contributed by atoms with van der Waals surface area (Å²) < 4.78 is 15.8. The van der Waals surface area contributed by atoms with Crippen LogP contribution in [0.1, 0.15) is 57.2 Å². The summed E-state index contributed by atoms with van der Waals surface area (Å²) in [5.74, 6) is -3.27. The van der Waals surface area contributed by atoms with Crippen molar-refractivity contribution >= 4 is 35.1 Å². The monoisotopic (exact) mass is 648 g/mol. The van der Waals surface area contributed by atoms with E-state index in [4.69, 9.17) is 31.5 Å². The van der Waals surface area contributed by atoms with E-state index in [1.165, 1.54) is 43.5 Å². The molecule has 0 spiro atoms. The number of fused-ring (bicyclic) bond motifs is 2. The summed E-state index contributed by atoms with van der Waals surface area (Å²) in [5.41, 5.74) is 7.94. The van der Waals surface area contributed by atoms with Crippen molar-refractivity contribution in [1.29, 1.82) is 0 Å². The lowest BCUT2D eigenvalue weighted by molar-refractivity contribution is -0.139. The Hall–Kier alpha value is -4.97. The van der Waals surface area contributed by atoms with Gasteiger partial charge < -0.3 is 35.5 Å². The number of dihydropyridines is 1. The number of nitrogens with two attached hydrogens (primary N) is 1. The maximum atomic E-state index is 12.9. The predicted octanol–water partition coefficient (Wildman–Crippen LogP) is 4.14. The van der Waals surface area contributed by atoms with Crippen molar-refractivity contribution in [2.24, 2.45) is 5.73 Å². The fourth-order valence-corrected chi connectivity index (χ4v) is 5.57. The van der Waals surface area contributed by atoms with E-state index in [1.54, 1.807) is 38.1 Å². The number of allylic oxidation sites excluding steroid dienone is 1. The topological polar surface area (TPSA) is 174 Å². The Morgan fingerprint density at radius 2 is 1.50 bits per heavy atom. The molecule has 2 aliphatic rings. The summed E-state index contributed by atoms with van der Waals surface area (Å²) in [6.07, 6.45) is 0. The Morgan fingerprint density at radius 1 is 0.891 bits per heavy atom. The summed E-state index contributed by atoms with van der Waals surface area (Å²) in [6, 6.07) is 15.7. The van der Waals surface area contributed by atoms with E-state index < -0.39 is 23.6 Å². The molecule has 3 aromatic rings. The summed E-state index contributed by atoms with van der Waals surface area (Å²) in [4.78, 5) is 49.9. The van der Waals surface area contributed by atoms with E-state index in [9.17, 15) is 29.4 Å². The van der Waals surface area contributed by atoms with Crippen LogP contribution in [-0.2, 0) is 23.8 Å². The van der Waals surface area contributed by atoms with Gasteiger partial charge in [-0.15, -0.1) is 0 Å². The molecule has 5 N–H and O–H groups in total. The SMILES string of the molecule is CCOC(=O)C1=C(COCCN)NC(C)=C(C(=O)OC)C1c1ccccc1Cl.O=C1c2cccc(O)c2C(=O)c2c(O)cccc21. The van der Waals surface area contributed by atoms with Gasteiger partial charge in [0.25, 0.3) is 0 Å². The van der Waals surface area contributed by atoms with Crippen LogP contribution >= 0.6 is 11.6 Å². The molecule has 3 aromatic carbocycles. The van der Waals surface area contributed by atoms with E-state index in [2.05, 4.69) is 5.32 Å². The number of aromatic hydroxyl groups is 2. The van der Waals surface area contributed by atoms with Gasteiger partial charge >= 0.3 is 11.9 Å². The molecule has 0 saturated carbocycles. The Kier molecular flexibility index (Phi) is 11.0. The number of carbonyl (C=O) groups is 4. The fraction of sp³-hybridized carbons (Fsp3) is 0.235. The molecule has 1 unspecified atom stereocenters. The summed E-state index contributed by atoms with van der Waals surface area (Å²) in [7, 11) is 1.29. The van der Waals surface area contributed by atoms with Crippen molar-refractivity contribution in [3.63, 3.8) is 0 Å². The zero-order valence-corrected chi connectivity index (χ0v) is 26.1. The number of carbonyl (C=O) groups excluding carboxylic acids is 4. The fourth-order valence-electron chi connectivity index (χ4n) is 5.32. The number of hydrogen-bond donors (Lipinski definition) is 4. The third-order valence-electron chi connectivity index (χ3n) is 7.30. The first-order valence-corrected chi connectivity index (χ1v) is 14.7. The molecule has 0 amide bonds. The average Bonchev–Trinajstić information content (AvgIpc) is 3.03. The number of phenolic OH excluding ortho intramolecular Hbond substituents is 2. The van der Waals surface area contributed by atoms with E-state index in [0.29, 0.717) is 40.7 Å². The smallest absolute Gasteiger partial charge is 0.336 e. The van der Waals surface area contributed by atoms with Crippen LogP contribution in [0.5, 0.6) is 11.5 Å². The highest BCUT2D eigenvalue weighted by molar-refractivity contribution is 6.31. The van der Waals surface area contributed by atoms with Crippen LogP contribution in [0.2, 0.25) is 5.02 Å². The first-order valence-electron chi connectivity index (χ1n) is 14.3. The highest BCUT2D eigenvalue weighted by atomic mass is 35.5. The van der Waals surface area contributed by atoms with Gasteiger partial charge in [0.05, 0.1) is 60.8 Å². The quantitative estimate of drug-likeness (QED) is 0.160. The normalized spacial score (nSPS) is 15.3. The molecule has 1 atom stereocenters. The van der Waals surface area contributed by atoms with Crippen molar-refractivity contribution in [3.8, 4) is 11.5 Å². The van der Waals surface area contributed by atoms with Gasteiger partial charge in [0.1, 0.15) is 11.5 Å². The highest BCUT2D eigenvalue weighted by Crippen LogP contribution is 2.42. The van der Waals surface area contributed by atoms with Gasteiger partial charge in [-0.25, -0.2) is 9.59 Å². The molecule has 0 fully saturated rings. The molecule has 0 bridgehead atoms. The second kappa shape index (κ2) is 14.9. The Morgan fingerprint density at radius 3 is 2.04 bits per heavy atom. The second-order valence-corrected chi connectivity index (χ2v) is 10.5. The van der Waals surface area contributed by atoms with Crippen LogP contribution < -0.4 is 11.1 Å². The average molecular weight is 649 g/mol. The van der Waals surface area contributed by atoms with Gasteiger partial charge in [0, 0.05) is 28.4 Å². The number of ketones is 2. The molecular weight excluding hydrogens is 616 g/mol. The molecule has 1 aliphatic carbocycles. The number of nitrogens with one attached hydrogen (secondary N) is 1. The number of esters is 2. The van der Waals surface area contributed by atoms with E-state index in [-0.39, 0.29) is 58.3 Å². The van der Waals surface area contributed by atoms with Crippen molar-refractivity contribution in [2.75, 3.05) is 33.5 Å². The summed E-state index contributed by atoms with van der Waals surface area (Å²) >= 11 is 6.42. The number of halogens is 1. The zero-order valence-electron chi connectivity index (χ0n) is 25.4. The minimum Gasteiger partial charge on any atom is -0.507 e. The lowest BCUT2D eigenvalue weighted by Crippen LogP contribution is -2.35. The van der Waals surface area contributed by atoms with Gasteiger partial charge in [0.15, 0.2) is 5.78 Å². The van der Waals surface area contributed by atoms with Gasteiger partial charge in [-0.2, -0.15) is 0 Å². The number of phenols is 2. The van der Waals surface area contributed by atoms with E-state index in [0.717, 1.165) is 0 Å². The summed E-state index contributed by atoms with van der Waals surface area (Å²) in [6.45, 7) is 4.42. The molecule has 12 heteroatoms. The Bertz CT molecular complexity index is 1710. The second-order valence-electron chi connectivity index (χ2n) is 10.1. The Labute approximate surface area is 270 Å². The molecule has 1 heterocycles. The first kappa shape index (κ1) is 33.9. The van der Waals surface area contributed by atoms with Gasteiger partial charge in [0.2, 0.25) is 5.78 Å². The molecule has 240 valence electrons. The number of benzene rings is 3. The van der Waals surface area contributed by atoms with Crippen LogP contribution in [-0.4, -0.2) is 67.2 Å². The molecule has 1 aliphatic heterocycles. The molecule has 0 aromatic heterocycles. The van der Waals surface area contributed by atoms with Crippen LogP contribution in [0.4, 0.5) is 0 Å². The van der Waals surface area contributed by atoms with Crippen molar-refractivity contribution < 1.29 is 43.6 Å². The van der Waals surface area contributed by atoms with Crippen LogP contribution in [0.3, 0.4) is 0 Å². The summed E-state index contributed by atoms with van der Waals surface area (Å²) in [5, 5.41) is 22.9. The van der Waals surface area contributed by atoms with Gasteiger partial charge in [-0.1, -0.05) is 54.1 Å². The Balaban J connectivity index is 0.000000228. The van der Waals surface area contributed by atoms with Crippen LogP contribution in [0.15, 0.2) is 83.2 Å². The molecular formula is C34H33ClN2O9. The third-order valence-corrected chi connectivity index (χ3v) is 7.64. The standard InChI is InChI=1S/C20H25ClN2O5.C14H8O4/c1-4-28-20(25)18-15(11-27-10-9-22)23-12(2)16(19(24)26-3)17(18)13-7-5-6-8-14(13)21;15-9-5-1-3-7-11(9)14(18)12-8(13(7)17)4-2-6-10(12)16/h5-8,17,23H,4,9-11,22H2,1-3H3;1-6,15-16H. The van der Waals surface area contributed by atoms with Crippen LogP contribution in [0.25, 0.3) is 0 Å². The lowest BCUT2D eigenvalue weighted by atomic mass is 9.80. The minimum absolute atomic E-state index is 0.0449. The van der Waals surface area contributed by atoms with Gasteiger partial charge in [-0.05, 0) is 37.6 Å². The number of ether oxygens (including phenoxy) is 3. The number of rotatable bonds is 8. The number of hydrogen-bond acceptors (Lipinski definition) is 11. The van der Waals surface area contributed by atoms with E-state index >= 15 is 0 Å². The van der Waals surface area contributed by atoms with Crippen molar-refractivity contribution in [1.82, 2.24) is 5.32 Å². The zero-order chi connectivity index (χ0) is 33.5. The van der Waals surface area contributed by atoms with E-state index in [1.807, 2.05) is 0 Å². The third kappa shape index (κ3) is 6.66. The molecule has 0 radical (unpaired) electrons. The van der Waals surface area contributed by atoms with Gasteiger partial charge in [-0.3, -0.25) is 9.59 Å².